The minimum Gasteiger partial charge on any atom is -0.317 e. The first-order valence-electron chi connectivity index (χ1n) is 6.55. The number of aliphatic imine (C=N–C) groups is 1. The maximum absolute atomic E-state index is 4.61. The van der Waals surface area contributed by atoms with Gasteiger partial charge >= 0.3 is 0 Å². The van der Waals surface area contributed by atoms with Gasteiger partial charge in [0.15, 0.2) is 5.17 Å². The van der Waals surface area contributed by atoms with Crippen molar-refractivity contribution in [2.24, 2.45) is 4.99 Å². The number of aryl methyl sites for hydroxylation is 1. The Balaban J connectivity index is 1.95. The van der Waals surface area contributed by atoms with Crippen LogP contribution < -0.4 is 0 Å². The minimum absolute atomic E-state index is 0.923. The summed E-state index contributed by atoms with van der Waals surface area (Å²) in [5.41, 5.74) is 2.72. The molecule has 0 saturated heterocycles. The maximum atomic E-state index is 4.61. The molecular weight excluding hydrogens is 304 g/mol. The summed E-state index contributed by atoms with van der Waals surface area (Å²) < 4.78 is 2.75. The molecule has 0 atom stereocenters. The van der Waals surface area contributed by atoms with Crippen molar-refractivity contribution in [3.05, 3.63) is 38.9 Å². The molecule has 20 heavy (non-hydrogen) atoms. The van der Waals surface area contributed by atoms with Crippen LogP contribution in [0.3, 0.4) is 0 Å². The van der Waals surface area contributed by atoms with E-state index >= 15 is 0 Å². The second kappa shape index (κ2) is 4.83. The number of fused-ring (bicyclic) bond motifs is 2. The van der Waals surface area contributed by atoms with Crippen molar-refractivity contribution in [3.8, 4) is 0 Å². The Bertz CT molecular complexity index is 758. The molecule has 0 aliphatic carbocycles. The first-order chi connectivity index (χ1) is 9.78. The monoisotopic (exact) mass is 318 g/mol. The van der Waals surface area contributed by atoms with Crippen molar-refractivity contribution in [3.63, 3.8) is 0 Å². The summed E-state index contributed by atoms with van der Waals surface area (Å²) in [6.45, 7) is 4.12. The highest BCUT2D eigenvalue weighted by Gasteiger charge is 2.33. The summed E-state index contributed by atoms with van der Waals surface area (Å²) in [6.07, 6.45) is 2.16. The van der Waals surface area contributed by atoms with Crippen molar-refractivity contribution in [2.45, 2.75) is 6.92 Å². The lowest BCUT2D eigenvalue weighted by atomic mass is 10.1. The summed E-state index contributed by atoms with van der Waals surface area (Å²) in [7, 11) is 0. The lowest BCUT2D eigenvalue weighted by Gasteiger charge is -2.17. The van der Waals surface area contributed by atoms with Gasteiger partial charge in [0, 0.05) is 27.1 Å². The first-order valence-corrected chi connectivity index (χ1v) is 9.41. The third kappa shape index (κ3) is 1.84. The molecule has 2 aliphatic rings. The Morgan fingerprint density at radius 3 is 3.10 bits per heavy atom. The van der Waals surface area contributed by atoms with E-state index in [-0.39, 0.29) is 0 Å². The number of hydrogen-bond acceptors (Lipinski definition) is 5. The number of nitrogens with zero attached hydrogens (tertiary/aromatic N) is 2. The first kappa shape index (κ1) is 12.8. The van der Waals surface area contributed by atoms with Crippen molar-refractivity contribution >= 4 is 55.8 Å². The highest BCUT2D eigenvalue weighted by Crippen LogP contribution is 2.48. The Morgan fingerprint density at radius 2 is 2.25 bits per heavy atom. The average Bonchev–Trinajstić information content (AvgIpc) is 3.09. The largest absolute Gasteiger partial charge is 0.317 e. The predicted molar refractivity (Wildman–Crippen MR) is 93.6 cm³/mol. The Morgan fingerprint density at radius 1 is 1.35 bits per heavy atom. The Kier molecular flexibility index (Phi) is 3.09. The van der Waals surface area contributed by atoms with E-state index in [1.54, 1.807) is 0 Å². The van der Waals surface area contributed by atoms with Gasteiger partial charge in [0.2, 0.25) is 0 Å². The molecule has 2 aliphatic heterocycles. The lowest BCUT2D eigenvalue weighted by molar-refractivity contribution is 0.650. The van der Waals surface area contributed by atoms with Gasteiger partial charge in [0.25, 0.3) is 0 Å². The number of amidine groups is 1. The summed E-state index contributed by atoms with van der Waals surface area (Å²) in [5.74, 6) is 0. The summed E-state index contributed by atoms with van der Waals surface area (Å²) >= 11 is 5.53. The SMILES string of the molecule is CSC1=C(c2cccc3sc(C)cc23)N2CCN=C2S1. The van der Waals surface area contributed by atoms with Crippen molar-refractivity contribution in [1.82, 2.24) is 4.90 Å². The fourth-order valence-corrected chi connectivity index (χ4v) is 5.60. The quantitative estimate of drug-likeness (QED) is 0.803. The van der Waals surface area contributed by atoms with Gasteiger partial charge in [-0.1, -0.05) is 12.1 Å². The lowest BCUT2D eigenvalue weighted by Crippen LogP contribution is -2.20. The molecule has 0 N–H and O–H groups in total. The number of rotatable bonds is 2. The zero-order valence-electron chi connectivity index (χ0n) is 11.3. The van der Waals surface area contributed by atoms with Gasteiger partial charge in [-0.25, -0.2) is 0 Å². The van der Waals surface area contributed by atoms with Crippen LogP contribution >= 0.6 is 34.9 Å². The highest BCUT2D eigenvalue weighted by molar-refractivity contribution is 8.30. The van der Waals surface area contributed by atoms with Crippen LogP contribution in [0.5, 0.6) is 0 Å². The van der Waals surface area contributed by atoms with Crippen LogP contribution in [0.1, 0.15) is 10.4 Å². The molecule has 3 heterocycles. The zero-order valence-corrected chi connectivity index (χ0v) is 13.8. The van der Waals surface area contributed by atoms with Crippen molar-refractivity contribution in [2.75, 3.05) is 19.3 Å². The van der Waals surface area contributed by atoms with E-state index in [4.69, 9.17) is 0 Å². The smallest absolute Gasteiger partial charge is 0.169 e. The second-order valence-corrected chi connectivity index (χ2v) is 8.17. The molecule has 1 aromatic heterocycles. The van der Waals surface area contributed by atoms with E-state index in [0.717, 1.165) is 13.1 Å². The van der Waals surface area contributed by atoms with E-state index in [9.17, 15) is 0 Å². The van der Waals surface area contributed by atoms with Crippen LogP contribution in [0.2, 0.25) is 0 Å². The number of thioether (sulfide) groups is 2. The molecule has 102 valence electrons. The Hall–Kier alpha value is -0.910. The third-order valence-electron chi connectivity index (χ3n) is 3.57. The topological polar surface area (TPSA) is 15.6 Å². The van der Waals surface area contributed by atoms with Gasteiger partial charge in [-0.3, -0.25) is 4.99 Å². The van der Waals surface area contributed by atoms with E-state index in [1.807, 2.05) is 34.9 Å². The van der Waals surface area contributed by atoms with E-state index in [2.05, 4.69) is 47.3 Å². The van der Waals surface area contributed by atoms with Crippen molar-refractivity contribution in [1.29, 1.82) is 0 Å². The fraction of sp³-hybridized carbons (Fsp3) is 0.267. The van der Waals surface area contributed by atoms with Gasteiger partial charge < -0.3 is 4.90 Å². The standard InChI is InChI=1S/C15H14N2S3/c1-9-8-11-10(4-3-5-12(11)19-9)13-14(18-2)20-15-16-6-7-17(13)15/h3-5,8H,6-7H2,1-2H3. The molecule has 0 unspecified atom stereocenters. The normalized spacial score (nSPS) is 18.1. The van der Waals surface area contributed by atoms with Crippen LogP contribution in [-0.4, -0.2) is 29.4 Å². The number of thiophene rings is 1. The molecular formula is C15H14N2S3. The second-order valence-electron chi connectivity index (χ2n) is 4.83. The van der Waals surface area contributed by atoms with Crippen molar-refractivity contribution < 1.29 is 0 Å². The van der Waals surface area contributed by atoms with Crippen LogP contribution in [-0.2, 0) is 0 Å². The van der Waals surface area contributed by atoms with Gasteiger partial charge in [-0.2, -0.15) is 0 Å². The average molecular weight is 318 g/mol. The van der Waals surface area contributed by atoms with Crippen LogP contribution in [0.4, 0.5) is 0 Å². The predicted octanol–water partition coefficient (Wildman–Crippen LogP) is 4.62. The number of benzene rings is 1. The Labute approximate surface area is 131 Å². The van der Waals surface area contributed by atoms with Crippen LogP contribution in [0, 0.1) is 6.92 Å². The molecule has 2 nitrogen and oxygen atoms in total. The highest BCUT2D eigenvalue weighted by atomic mass is 32.2. The molecule has 0 amide bonds. The molecule has 0 spiro atoms. The molecule has 5 heteroatoms. The minimum atomic E-state index is 0.923. The van der Waals surface area contributed by atoms with Gasteiger partial charge in [0.05, 0.1) is 16.5 Å². The molecule has 0 radical (unpaired) electrons. The summed E-state index contributed by atoms with van der Waals surface area (Å²) in [6, 6.07) is 8.96. The molecule has 0 fully saturated rings. The van der Waals surface area contributed by atoms with Crippen LogP contribution in [0.25, 0.3) is 15.8 Å². The summed E-state index contributed by atoms with van der Waals surface area (Å²) in [4.78, 5) is 8.37. The van der Waals surface area contributed by atoms with Crippen LogP contribution in [0.15, 0.2) is 33.5 Å². The third-order valence-corrected chi connectivity index (χ3v) is 6.81. The fourth-order valence-electron chi connectivity index (χ4n) is 2.75. The zero-order chi connectivity index (χ0) is 13.7. The van der Waals surface area contributed by atoms with Gasteiger partial charge in [-0.05, 0) is 37.1 Å². The molecule has 1 aromatic carbocycles. The molecule has 4 rings (SSSR count). The molecule has 0 saturated carbocycles. The van der Waals surface area contributed by atoms with Gasteiger partial charge in [0.1, 0.15) is 0 Å². The van der Waals surface area contributed by atoms with Gasteiger partial charge in [-0.15, -0.1) is 23.1 Å². The maximum Gasteiger partial charge on any atom is 0.169 e. The summed E-state index contributed by atoms with van der Waals surface area (Å²) in [5, 5.41) is 2.55. The molecule has 0 bridgehead atoms. The van der Waals surface area contributed by atoms with E-state index in [0.29, 0.717) is 0 Å². The number of hydrogen-bond donors (Lipinski definition) is 0. The van der Waals surface area contributed by atoms with E-state index in [1.165, 1.54) is 35.6 Å². The van der Waals surface area contributed by atoms with E-state index < -0.39 is 0 Å². The molecule has 2 aromatic rings.